The summed E-state index contributed by atoms with van der Waals surface area (Å²) in [4.78, 5) is 34.0. The molecule has 0 radical (unpaired) electrons. The zero-order valence-electron chi connectivity index (χ0n) is 13.2. The maximum Gasteiger partial charge on any atom is 0.345 e. The van der Waals surface area contributed by atoms with Gasteiger partial charge in [0.2, 0.25) is 0 Å². The third-order valence-corrected chi connectivity index (χ3v) is 3.31. The first-order chi connectivity index (χ1) is 11.4. The van der Waals surface area contributed by atoms with Crippen LogP contribution in [0.1, 0.15) is 21.5 Å². The first-order valence-electron chi connectivity index (χ1n) is 7.16. The van der Waals surface area contributed by atoms with Crippen molar-refractivity contribution < 1.29 is 19.2 Å². The molecular weight excluding hydrogens is 312 g/mol. The summed E-state index contributed by atoms with van der Waals surface area (Å²) in [5.74, 6) is -1.44. The number of aryl methyl sites for hydroxylation is 2. The van der Waals surface area contributed by atoms with Crippen LogP contribution in [0.4, 0.5) is 11.4 Å². The molecule has 2 rings (SSSR count). The minimum absolute atomic E-state index is 0.193. The molecule has 0 aromatic heterocycles. The number of nitrogens with one attached hydrogen (secondary N) is 1. The normalized spacial score (nSPS) is 10.1. The predicted molar refractivity (Wildman–Crippen MR) is 87.9 cm³/mol. The number of ether oxygens (including phenoxy) is 1. The van der Waals surface area contributed by atoms with Crippen molar-refractivity contribution in [1.29, 1.82) is 0 Å². The Morgan fingerprint density at radius 1 is 1.17 bits per heavy atom. The molecule has 1 N–H and O–H groups in total. The van der Waals surface area contributed by atoms with Gasteiger partial charge in [-0.15, -0.1) is 0 Å². The molecule has 0 aliphatic rings. The standard InChI is InChI=1S/C17H16N2O5/c1-11-7-8-14(12(2)9-11)18-16(20)10-24-17(21)13-5-3-4-6-15(13)19(22)23/h3-9H,10H2,1-2H3,(H,18,20). The fourth-order valence-electron chi connectivity index (χ4n) is 2.15. The molecule has 124 valence electrons. The van der Waals surface area contributed by atoms with Crippen LogP contribution in [0, 0.1) is 24.0 Å². The molecule has 0 unspecified atom stereocenters. The first-order valence-corrected chi connectivity index (χ1v) is 7.16. The van der Waals surface area contributed by atoms with Crippen LogP contribution in [-0.2, 0) is 9.53 Å². The lowest BCUT2D eigenvalue weighted by molar-refractivity contribution is -0.385. The van der Waals surface area contributed by atoms with Crippen LogP contribution in [0.15, 0.2) is 42.5 Å². The van der Waals surface area contributed by atoms with E-state index in [9.17, 15) is 19.7 Å². The van der Waals surface area contributed by atoms with Gasteiger partial charge >= 0.3 is 5.97 Å². The number of anilines is 1. The number of hydrogen-bond acceptors (Lipinski definition) is 5. The number of hydrogen-bond donors (Lipinski definition) is 1. The topological polar surface area (TPSA) is 98.5 Å². The zero-order chi connectivity index (χ0) is 17.7. The van der Waals surface area contributed by atoms with Gasteiger partial charge < -0.3 is 10.1 Å². The molecule has 0 spiro atoms. The van der Waals surface area contributed by atoms with Gasteiger partial charge in [-0.25, -0.2) is 4.79 Å². The van der Waals surface area contributed by atoms with E-state index in [1.165, 1.54) is 24.3 Å². The fraction of sp³-hybridized carbons (Fsp3) is 0.176. The molecule has 2 aromatic rings. The lowest BCUT2D eigenvalue weighted by atomic mass is 10.1. The molecule has 0 aliphatic carbocycles. The van der Waals surface area contributed by atoms with Gasteiger partial charge in [0.15, 0.2) is 6.61 Å². The van der Waals surface area contributed by atoms with Crippen molar-refractivity contribution in [1.82, 2.24) is 0 Å². The first kappa shape index (κ1) is 17.1. The summed E-state index contributed by atoms with van der Waals surface area (Å²) < 4.78 is 4.86. The third kappa shape index (κ3) is 4.16. The number of amides is 1. The number of nitro groups is 1. The van der Waals surface area contributed by atoms with Crippen LogP contribution in [0.5, 0.6) is 0 Å². The Hall–Kier alpha value is -3.22. The predicted octanol–water partition coefficient (Wildman–Crippen LogP) is 3.01. The molecule has 0 aliphatic heterocycles. The number of carbonyl (C=O) groups is 2. The molecule has 0 saturated heterocycles. The monoisotopic (exact) mass is 328 g/mol. The van der Waals surface area contributed by atoms with Crippen molar-refractivity contribution in [3.63, 3.8) is 0 Å². The van der Waals surface area contributed by atoms with Gasteiger partial charge in [0, 0.05) is 11.8 Å². The van der Waals surface area contributed by atoms with Crippen LogP contribution in [0.25, 0.3) is 0 Å². The van der Waals surface area contributed by atoms with E-state index in [0.717, 1.165) is 11.1 Å². The lowest BCUT2D eigenvalue weighted by Gasteiger charge is -2.09. The summed E-state index contributed by atoms with van der Waals surface area (Å²) in [6.45, 7) is 3.26. The largest absolute Gasteiger partial charge is 0.452 e. The van der Waals surface area contributed by atoms with Gasteiger partial charge in [0.05, 0.1) is 4.92 Å². The highest BCUT2D eigenvalue weighted by Gasteiger charge is 2.21. The molecule has 1 amide bonds. The van der Waals surface area contributed by atoms with E-state index in [4.69, 9.17) is 4.74 Å². The minimum atomic E-state index is -0.918. The van der Waals surface area contributed by atoms with Gasteiger partial charge in [-0.2, -0.15) is 0 Å². The highest BCUT2D eigenvalue weighted by atomic mass is 16.6. The Morgan fingerprint density at radius 2 is 1.88 bits per heavy atom. The van der Waals surface area contributed by atoms with Gasteiger partial charge in [-0.1, -0.05) is 29.8 Å². The Labute approximate surface area is 138 Å². The fourth-order valence-corrected chi connectivity index (χ4v) is 2.15. The summed E-state index contributed by atoms with van der Waals surface area (Å²) in [7, 11) is 0. The van der Waals surface area contributed by atoms with Crippen LogP contribution >= 0.6 is 0 Å². The molecule has 0 fully saturated rings. The molecule has 7 nitrogen and oxygen atoms in total. The smallest absolute Gasteiger partial charge is 0.345 e. The van der Waals surface area contributed by atoms with E-state index in [-0.39, 0.29) is 11.3 Å². The SMILES string of the molecule is Cc1ccc(NC(=O)COC(=O)c2ccccc2[N+](=O)[O-])c(C)c1. The summed E-state index contributed by atoms with van der Waals surface area (Å²) in [6, 6.07) is 10.9. The van der Waals surface area contributed by atoms with Crippen molar-refractivity contribution in [2.24, 2.45) is 0 Å². The van der Waals surface area contributed by atoms with Crippen molar-refractivity contribution in [3.05, 3.63) is 69.3 Å². The van der Waals surface area contributed by atoms with Gasteiger partial charge in [0.25, 0.3) is 11.6 Å². The van der Waals surface area contributed by atoms with E-state index in [1.807, 2.05) is 26.0 Å². The Balaban J connectivity index is 1.99. The van der Waals surface area contributed by atoms with E-state index in [2.05, 4.69) is 5.32 Å². The third-order valence-electron chi connectivity index (χ3n) is 3.31. The summed E-state index contributed by atoms with van der Waals surface area (Å²) in [5.41, 5.74) is 2.01. The molecule has 24 heavy (non-hydrogen) atoms. The molecule has 7 heteroatoms. The van der Waals surface area contributed by atoms with Gasteiger partial charge in [-0.05, 0) is 31.5 Å². The lowest BCUT2D eigenvalue weighted by Crippen LogP contribution is -2.21. The number of nitro benzene ring substituents is 1. The molecular formula is C17H16N2O5. The van der Waals surface area contributed by atoms with Crippen molar-refractivity contribution in [3.8, 4) is 0 Å². The molecule has 0 saturated carbocycles. The Kier molecular flexibility index (Phi) is 5.26. The second kappa shape index (κ2) is 7.36. The van der Waals surface area contributed by atoms with Gasteiger partial charge in [-0.3, -0.25) is 14.9 Å². The van der Waals surface area contributed by atoms with Crippen molar-refractivity contribution >= 4 is 23.3 Å². The highest BCUT2D eigenvalue weighted by Crippen LogP contribution is 2.19. The van der Waals surface area contributed by atoms with E-state index in [0.29, 0.717) is 5.69 Å². The average Bonchev–Trinajstić information content (AvgIpc) is 2.55. The zero-order valence-corrected chi connectivity index (χ0v) is 13.2. The number of para-hydroxylation sites is 1. The number of esters is 1. The van der Waals surface area contributed by atoms with Crippen LogP contribution in [0.3, 0.4) is 0 Å². The molecule has 0 atom stereocenters. The summed E-state index contributed by atoms with van der Waals surface area (Å²) in [5, 5.41) is 13.5. The van der Waals surface area contributed by atoms with Crippen molar-refractivity contribution in [2.45, 2.75) is 13.8 Å². The molecule has 0 heterocycles. The second-order valence-corrected chi connectivity index (χ2v) is 5.22. The van der Waals surface area contributed by atoms with Gasteiger partial charge in [0.1, 0.15) is 5.56 Å². The maximum atomic E-state index is 11.9. The number of benzene rings is 2. The second-order valence-electron chi connectivity index (χ2n) is 5.22. The minimum Gasteiger partial charge on any atom is -0.452 e. The number of carbonyl (C=O) groups excluding carboxylic acids is 2. The van der Waals surface area contributed by atoms with E-state index in [1.54, 1.807) is 6.07 Å². The summed E-state index contributed by atoms with van der Waals surface area (Å²) in [6.07, 6.45) is 0. The quantitative estimate of drug-likeness (QED) is 0.517. The highest BCUT2D eigenvalue weighted by molar-refractivity contribution is 5.97. The number of nitrogens with zero attached hydrogens (tertiary/aromatic N) is 1. The Bertz CT molecular complexity index is 801. The van der Waals surface area contributed by atoms with E-state index >= 15 is 0 Å². The maximum absolute atomic E-state index is 11.9. The van der Waals surface area contributed by atoms with Crippen molar-refractivity contribution in [2.75, 3.05) is 11.9 Å². The van der Waals surface area contributed by atoms with Crippen LogP contribution in [-0.4, -0.2) is 23.4 Å². The van der Waals surface area contributed by atoms with Crippen LogP contribution < -0.4 is 5.32 Å². The summed E-state index contributed by atoms with van der Waals surface area (Å²) >= 11 is 0. The average molecular weight is 328 g/mol. The number of rotatable bonds is 5. The van der Waals surface area contributed by atoms with Crippen LogP contribution in [0.2, 0.25) is 0 Å². The molecule has 0 bridgehead atoms. The molecule has 2 aromatic carbocycles. The Morgan fingerprint density at radius 3 is 2.54 bits per heavy atom. The van der Waals surface area contributed by atoms with E-state index < -0.39 is 23.4 Å².